The molecule has 0 radical (unpaired) electrons. The number of carbonyl (C=O) groups is 1. The summed E-state index contributed by atoms with van der Waals surface area (Å²) in [5.41, 5.74) is 3.68. The Bertz CT molecular complexity index is 1140. The molecule has 0 bridgehead atoms. The Balaban J connectivity index is 1.69. The molecule has 0 saturated heterocycles. The van der Waals surface area contributed by atoms with Crippen LogP contribution in [0.15, 0.2) is 48.7 Å². The lowest BCUT2D eigenvalue weighted by Gasteiger charge is -2.17. The Morgan fingerprint density at radius 1 is 1.14 bits per heavy atom. The number of nitrogens with zero attached hydrogens (tertiary/aromatic N) is 2. The number of halogens is 1. The van der Waals surface area contributed by atoms with Crippen LogP contribution in [0.25, 0.3) is 11.3 Å². The summed E-state index contributed by atoms with van der Waals surface area (Å²) in [4.78, 5) is 17.8. The van der Waals surface area contributed by atoms with Crippen LogP contribution in [0.5, 0.6) is 5.75 Å². The zero-order valence-electron chi connectivity index (χ0n) is 21.6. The number of aliphatic hydroxyl groups is 1. The van der Waals surface area contributed by atoms with E-state index in [9.17, 15) is 9.90 Å². The molecule has 0 fully saturated rings. The standard InChI is InChI=1S/C29H37ClN2O3/c1-19(2)35-27-12-11-23(17-24(27)30)26(34)16-21(13-14-33)15-20-7-9-22(10-8-20)25-18-32(6)28(31-25)29(3,4)5/h7-12,17-19,21,33H,13-16H2,1-6H3/t21-/m1/s1. The van der Waals surface area contributed by atoms with Crippen molar-refractivity contribution in [1.29, 1.82) is 0 Å². The van der Waals surface area contributed by atoms with Crippen LogP contribution in [-0.2, 0) is 18.9 Å². The summed E-state index contributed by atoms with van der Waals surface area (Å²) < 4.78 is 7.75. The van der Waals surface area contributed by atoms with Gasteiger partial charge < -0.3 is 14.4 Å². The highest BCUT2D eigenvalue weighted by Gasteiger charge is 2.21. The average molecular weight is 497 g/mol. The summed E-state index contributed by atoms with van der Waals surface area (Å²) in [6.07, 6.45) is 3.69. The number of Topliss-reactive ketones (excluding diaryl/α,β-unsaturated/α-hetero) is 1. The predicted octanol–water partition coefficient (Wildman–Crippen LogP) is 6.64. The third-order valence-electron chi connectivity index (χ3n) is 5.95. The van der Waals surface area contributed by atoms with Crippen LogP contribution in [0.2, 0.25) is 5.02 Å². The largest absolute Gasteiger partial charge is 0.489 e. The van der Waals surface area contributed by atoms with Gasteiger partial charge in [-0.05, 0) is 56.4 Å². The highest BCUT2D eigenvalue weighted by atomic mass is 35.5. The maximum Gasteiger partial charge on any atom is 0.163 e. The third kappa shape index (κ3) is 7.18. The van der Waals surface area contributed by atoms with Crippen molar-refractivity contribution >= 4 is 17.4 Å². The van der Waals surface area contributed by atoms with E-state index in [4.69, 9.17) is 21.3 Å². The number of imidazole rings is 1. The van der Waals surface area contributed by atoms with Gasteiger partial charge in [-0.15, -0.1) is 0 Å². The highest BCUT2D eigenvalue weighted by Crippen LogP contribution is 2.29. The van der Waals surface area contributed by atoms with Crippen molar-refractivity contribution in [2.45, 2.75) is 65.4 Å². The average Bonchev–Trinajstić information content (AvgIpc) is 3.17. The number of aryl methyl sites for hydroxylation is 1. The SMILES string of the molecule is CC(C)Oc1ccc(C(=O)C[C@H](CCO)Cc2ccc(-c3cn(C)c(C(C)(C)C)n3)cc2)cc1Cl. The minimum atomic E-state index is -0.0248. The van der Waals surface area contributed by atoms with Gasteiger partial charge in [0.05, 0.1) is 16.8 Å². The molecule has 0 amide bonds. The van der Waals surface area contributed by atoms with Crippen LogP contribution in [0.1, 0.15) is 69.2 Å². The number of hydrogen-bond donors (Lipinski definition) is 1. The summed E-state index contributed by atoms with van der Waals surface area (Å²) >= 11 is 6.32. The Morgan fingerprint density at radius 2 is 1.83 bits per heavy atom. The van der Waals surface area contributed by atoms with Gasteiger partial charge in [0.15, 0.2) is 5.78 Å². The Kier molecular flexibility index (Phi) is 8.79. The number of rotatable bonds is 10. The molecular weight excluding hydrogens is 460 g/mol. The molecule has 0 unspecified atom stereocenters. The molecule has 0 spiro atoms. The van der Waals surface area contributed by atoms with E-state index in [-0.39, 0.29) is 29.8 Å². The Labute approximate surface area is 214 Å². The first-order valence-electron chi connectivity index (χ1n) is 12.2. The molecule has 1 aromatic heterocycles. The summed E-state index contributed by atoms with van der Waals surface area (Å²) in [6, 6.07) is 13.5. The van der Waals surface area contributed by atoms with Gasteiger partial charge in [0.2, 0.25) is 0 Å². The molecule has 6 heteroatoms. The fourth-order valence-corrected chi connectivity index (χ4v) is 4.53. The molecule has 0 aliphatic carbocycles. The number of benzene rings is 2. The van der Waals surface area contributed by atoms with E-state index in [1.807, 2.05) is 20.9 Å². The lowest BCUT2D eigenvalue weighted by molar-refractivity contribution is 0.0953. The van der Waals surface area contributed by atoms with Crippen molar-refractivity contribution in [3.63, 3.8) is 0 Å². The van der Waals surface area contributed by atoms with Crippen LogP contribution in [0.3, 0.4) is 0 Å². The second-order valence-corrected chi connectivity index (χ2v) is 10.9. The van der Waals surface area contributed by atoms with Gasteiger partial charge in [-0.25, -0.2) is 4.98 Å². The molecule has 0 saturated carbocycles. The van der Waals surface area contributed by atoms with Gasteiger partial charge >= 0.3 is 0 Å². The molecular formula is C29H37ClN2O3. The molecule has 0 aliphatic rings. The van der Waals surface area contributed by atoms with Gasteiger partial charge in [0.1, 0.15) is 11.6 Å². The molecule has 3 aromatic rings. The Morgan fingerprint density at radius 3 is 2.37 bits per heavy atom. The second-order valence-electron chi connectivity index (χ2n) is 10.5. The van der Waals surface area contributed by atoms with E-state index in [0.29, 0.717) is 35.6 Å². The first-order chi connectivity index (χ1) is 16.5. The molecule has 3 rings (SSSR count). The lowest BCUT2D eigenvalue weighted by atomic mass is 9.89. The third-order valence-corrected chi connectivity index (χ3v) is 6.24. The molecule has 35 heavy (non-hydrogen) atoms. The van der Waals surface area contributed by atoms with Crippen LogP contribution in [0.4, 0.5) is 0 Å². The first kappa shape index (κ1) is 27.0. The van der Waals surface area contributed by atoms with Crippen molar-refractivity contribution in [1.82, 2.24) is 9.55 Å². The molecule has 1 atom stereocenters. The quantitative estimate of drug-likeness (QED) is 0.319. The van der Waals surface area contributed by atoms with Crippen LogP contribution in [0, 0.1) is 5.92 Å². The van der Waals surface area contributed by atoms with Crippen molar-refractivity contribution in [3.05, 3.63) is 70.6 Å². The highest BCUT2D eigenvalue weighted by molar-refractivity contribution is 6.32. The van der Waals surface area contributed by atoms with Gasteiger partial charge in [0.25, 0.3) is 0 Å². The van der Waals surface area contributed by atoms with E-state index in [1.54, 1.807) is 18.2 Å². The van der Waals surface area contributed by atoms with E-state index >= 15 is 0 Å². The lowest BCUT2D eigenvalue weighted by Crippen LogP contribution is -2.17. The fourth-order valence-electron chi connectivity index (χ4n) is 4.31. The van der Waals surface area contributed by atoms with Crippen molar-refractivity contribution in [3.8, 4) is 17.0 Å². The summed E-state index contributed by atoms with van der Waals surface area (Å²) in [5, 5.41) is 10.0. The van der Waals surface area contributed by atoms with E-state index in [0.717, 1.165) is 22.6 Å². The Hall–Kier alpha value is -2.63. The van der Waals surface area contributed by atoms with Crippen molar-refractivity contribution in [2.24, 2.45) is 13.0 Å². The summed E-state index contributed by atoms with van der Waals surface area (Å²) in [6.45, 7) is 10.4. The number of ketones is 1. The topological polar surface area (TPSA) is 64.3 Å². The van der Waals surface area contributed by atoms with Crippen molar-refractivity contribution < 1.29 is 14.6 Å². The van der Waals surface area contributed by atoms with E-state index in [2.05, 4.69) is 55.8 Å². The number of carbonyl (C=O) groups excluding carboxylic acids is 1. The van der Waals surface area contributed by atoms with Gasteiger partial charge in [-0.3, -0.25) is 4.79 Å². The second kappa shape index (κ2) is 11.4. The first-order valence-corrected chi connectivity index (χ1v) is 12.6. The maximum absolute atomic E-state index is 13.0. The normalized spacial score (nSPS) is 12.7. The van der Waals surface area contributed by atoms with Gasteiger partial charge in [-0.1, -0.05) is 56.6 Å². The summed E-state index contributed by atoms with van der Waals surface area (Å²) in [7, 11) is 2.03. The minimum Gasteiger partial charge on any atom is -0.489 e. The smallest absolute Gasteiger partial charge is 0.163 e. The number of hydrogen-bond acceptors (Lipinski definition) is 4. The zero-order chi connectivity index (χ0) is 25.8. The molecule has 2 aromatic carbocycles. The monoisotopic (exact) mass is 496 g/mol. The van der Waals surface area contributed by atoms with E-state index in [1.165, 1.54) is 0 Å². The molecule has 0 aliphatic heterocycles. The predicted molar refractivity (Wildman–Crippen MR) is 142 cm³/mol. The maximum atomic E-state index is 13.0. The van der Waals surface area contributed by atoms with Crippen molar-refractivity contribution in [2.75, 3.05) is 6.61 Å². The van der Waals surface area contributed by atoms with Gasteiger partial charge in [-0.2, -0.15) is 0 Å². The number of ether oxygens (including phenoxy) is 1. The molecule has 1 N–H and O–H groups in total. The number of aliphatic hydroxyl groups excluding tert-OH is 1. The molecule has 1 heterocycles. The number of aromatic nitrogens is 2. The van der Waals surface area contributed by atoms with Crippen LogP contribution < -0.4 is 4.74 Å². The van der Waals surface area contributed by atoms with E-state index < -0.39 is 0 Å². The van der Waals surface area contributed by atoms with Crippen LogP contribution >= 0.6 is 11.6 Å². The fraction of sp³-hybridized carbons (Fsp3) is 0.448. The molecule has 5 nitrogen and oxygen atoms in total. The van der Waals surface area contributed by atoms with Gasteiger partial charge in [0, 0.05) is 42.8 Å². The minimum absolute atomic E-state index is 0.00702. The molecule has 188 valence electrons. The van der Waals surface area contributed by atoms with Crippen LogP contribution in [-0.4, -0.2) is 33.2 Å². The zero-order valence-corrected chi connectivity index (χ0v) is 22.4. The summed E-state index contributed by atoms with van der Waals surface area (Å²) in [5.74, 6) is 1.67.